The van der Waals surface area contributed by atoms with Crippen molar-refractivity contribution in [3.63, 3.8) is 0 Å². The zero-order valence-corrected chi connectivity index (χ0v) is 15.4. The van der Waals surface area contributed by atoms with E-state index in [1.807, 2.05) is 0 Å². The molecule has 1 aliphatic heterocycles. The number of halogens is 4. The first-order valence-corrected chi connectivity index (χ1v) is 9.74. The van der Waals surface area contributed by atoms with Crippen LogP contribution in [0.3, 0.4) is 0 Å². The van der Waals surface area contributed by atoms with Crippen LogP contribution in [0.25, 0.3) is 11.0 Å². The Hall–Kier alpha value is -1.72. The minimum atomic E-state index is -4.18. The number of nitrogens with one attached hydrogen (secondary N) is 1. The Morgan fingerprint density at radius 1 is 1.32 bits per heavy atom. The van der Waals surface area contributed by atoms with Crippen LogP contribution in [0.1, 0.15) is 18.9 Å². The van der Waals surface area contributed by atoms with Crippen LogP contribution in [0.15, 0.2) is 23.0 Å². The standard InChI is InChI=1S/C15H16F3IN3O3/c1-25-14(24)21-6-4-10(5-7-21)22-12-3-2-9(19-15(16,17)18)8-11(12)20-13(22)23/h2-3,8,10H,4-7H2,1H3,(H,20,23)/q-1. The molecule has 2 heterocycles. The van der Waals surface area contributed by atoms with E-state index in [-0.39, 0.29) is 15.3 Å². The number of methoxy groups -OCH3 is 1. The fourth-order valence-corrected chi connectivity index (χ4v) is 4.62. The van der Waals surface area contributed by atoms with Gasteiger partial charge in [0.05, 0.1) is 0 Å². The number of carbonyl (C=O) groups is 1. The first kappa shape index (κ1) is 18.1. The summed E-state index contributed by atoms with van der Waals surface area (Å²) in [5.41, 5.74) is 0.673. The molecule has 6 nitrogen and oxygen atoms in total. The maximum absolute atomic E-state index is 12.6. The number of hydrogen-bond donors (Lipinski definition) is 1. The third-order valence-corrected chi connectivity index (χ3v) is 6.06. The zero-order valence-electron chi connectivity index (χ0n) is 13.3. The van der Waals surface area contributed by atoms with Crippen LogP contribution in [0.2, 0.25) is 0 Å². The third kappa shape index (κ3) is 3.93. The molecule has 10 heteroatoms. The molecule has 25 heavy (non-hydrogen) atoms. The van der Waals surface area contributed by atoms with E-state index < -0.39 is 31.5 Å². The van der Waals surface area contributed by atoms with Crippen molar-refractivity contribution in [2.24, 2.45) is 0 Å². The predicted octanol–water partition coefficient (Wildman–Crippen LogP) is -0.489. The first-order valence-electron chi connectivity index (χ1n) is 7.58. The summed E-state index contributed by atoms with van der Waals surface area (Å²) >= 11 is -2.11. The average molecular weight is 470 g/mol. The van der Waals surface area contributed by atoms with Crippen molar-refractivity contribution in [1.29, 1.82) is 0 Å². The number of amides is 1. The molecule has 0 radical (unpaired) electrons. The van der Waals surface area contributed by atoms with Gasteiger partial charge in [0.25, 0.3) is 0 Å². The summed E-state index contributed by atoms with van der Waals surface area (Å²) in [6, 6.07) is 4.32. The number of rotatable bonds is 2. The Labute approximate surface area is 151 Å². The van der Waals surface area contributed by atoms with Gasteiger partial charge in [-0.05, 0) is 0 Å². The van der Waals surface area contributed by atoms with E-state index in [0.717, 1.165) is 0 Å². The molecule has 1 aliphatic rings. The second-order valence-corrected chi connectivity index (χ2v) is 8.68. The number of carbonyl (C=O) groups excluding carboxylic acids is 1. The number of aromatic amines is 1. The van der Waals surface area contributed by atoms with Gasteiger partial charge in [-0.3, -0.25) is 0 Å². The molecule has 1 aromatic carbocycles. The molecule has 0 saturated carbocycles. The summed E-state index contributed by atoms with van der Waals surface area (Å²) in [7, 11) is 1.32. The van der Waals surface area contributed by atoms with Crippen molar-refractivity contribution >= 4 is 17.1 Å². The summed E-state index contributed by atoms with van der Waals surface area (Å²) in [5, 5.41) is 0. The van der Waals surface area contributed by atoms with Gasteiger partial charge in [0, 0.05) is 0 Å². The average Bonchev–Trinajstić information content (AvgIpc) is 2.87. The number of imidazole rings is 1. The van der Waals surface area contributed by atoms with Crippen molar-refractivity contribution in [3.05, 3.63) is 32.3 Å². The number of nitrogens with zero attached hydrogens (tertiary/aromatic N) is 2. The van der Waals surface area contributed by atoms with Crippen molar-refractivity contribution in [2.75, 3.05) is 20.2 Å². The Bertz CT molecular complexity index is 838. The molecular formula is C15H16F3IN3O3-. The Balaban J connectivity index is 1.84. The summed E-state index contributed by atoms with van der Waals surface area (Å²) in [4.78, 5) is 28.0. The molecule has 0 unspecified atom stereocenters. The number of alkyl halides is 4. The number of fused-ring (bicyclic) bond motifs is 1. The number of hydrogen-bond acceptors (Lipinski definition) is 3. The molecule has 1 amide bonds. The quantitative estimate of drug-likeness (QED) is 0.476. The number of aromatic nitrogens is 2. The molecule has 2 aromatic rings. The molecule has 3 rings (SSSR count). The van der Waals surface area contributed by atoms with Gasteiger partial charge in [0.1, 0.15) is 0 Å². The fraction of sp³-hybridized carbons (Fsp3) is 0.467. The van der Waals surface area contributed by atoms with Crippen molar-refractivity contribution in [2.45, 2.75) is 23.1 Å². The van der Waals surface area contributed by atoms with Gasteiger partial charge in [0.2, 0.25) is 0 Å². The zero-order chi connectivity index (χ0) is 18.2. The van der Waals surface area contributed by atoms with E-state index in [9.17, 15) is 22.8 Å². The van der Waals surface area contributed by atoms with Crippen molar-refractivity contribution < 1.29 is 43.9 Å². The number of H-pyrrole nitrogens is 1. The van der Waals surface area contributed by atoms with Crippen LogP contribution in [0.4, 0.5) is 18.0 Å². The fourth-order valence-electron chi connectivity index (χ4n) is 3.08. The molecule has 1 N–H and O–H groups in total. The predicted molar refractivity (Wildman–Crippen MR) is 79.6 cm³/mol. The normalized spacial score (nSPS) is 16.6. The molecule has 0 spiro atoms. The molecule has 1 aromatic heterocycles. The molecular weight excluding hydrogens is 454 g/mol. The van der Waals surface area contributed by atoms with E-state index in [1.54, 1.807) is 15.5 Å². The van der Waals surface area contributed by atoms with Gasteiger partial charge < -0.3 is 0 Å². The minimum absolute atomic E-state index is 0.106. The van der Waals surface area contributed by atoms with Crippen LogP contribution in [0, 0.1) is 3.57 Å². The number of likely N-dealkylation sites (tertiary alicyclic amines) is 1. The summed E-state index contributed by atoms with van der Waals surface area (Å²) < 4.78 is 40.0. The van der Waals surface area contributed by atoms with Gasteiger partial charge in [-0.15, -0.1) is 0 Å². The molecule has 0 bridgehead atoms. The summed E-state index contributed by atoms with van der Waals surface area (Å²) in [6.07, 6.45) is 0.767. The summed E-state index contributed by atoms with van der Waals surface area (Å²) in [6.45, 7) is 0.933. The van der Waals surface area contributed by atoms with Gasteiger partial charge in [-0.1, -0.05) is 0 Å². The number of piperidine rings is 1. The van der Waals surface area contributed by atoms with Crippen LogP contribution >= 0.6 is 0 Å². The van der Waals surface area contributed by atoms with Gasteiger partial charge >= 0.3 is 151 Å². The molecule has 1 saturated heterocycles. The second kappa shape index (κ2) is 6.89. The van der Waals surface area contributed by atoms with Gasteiger partial charge in [0.15, 0.2) is 0 Å². The Morgan fingerprint density at radius 2 is 2.00 bits per heavy atom. The Kier molecular flexibility index (Phi) is 4.98. The summed E-state index contributed by atoms with van der Waals surface area (Å²) in [5.74, 6) is 0. The van der Waals surface area contributed by atoms with Crippen LogP contribution < -0.4 is 26.9 Å². The monoisotopic (exact) mass is 470 g/mol. The van der Waals surface area contributed by atoms with Crippen molar-refractivity contribution in [3.8, 4) is 0 Å². The Morgan fingerprint density at radius 3 is 2.60 bits per heavy atom. The molecule has 0 atom stereocenters. The van der Waals surface area contributed by atoms with E-state index in [1.165, 1.54) is 19.2 Å². The maximum atomic E-state index is 12.6. The van der Waals surface area contributed by atoms with E-state index >= 15 is 0 Å². The molecule has 0 aliphatic carbocycles. The third-order valence-electron chi connectivity index (χ3n) is 4.16. The van der Waals surface area contributed by atoms with Gasteiger partial charge in [-0.25, -0.2) is 0 Å². The van der Waals surface area contributed by atoms with E-state index in [0.29, 0.717) is 37.0 Å². The second-order valence-electron chi connectivity index (χ2n) is 5.67. The molecule has 138 valence electrons. The van der Waals surface area contributed by atoms with Crippen molar-refractivity contribution in [1.82, 2.24) is 14.5 Å². The topological polar surface area (TPSA) is 67.3 Å². The number of ether oxygens (including phenoxy) is 1. The van der Waals surface area contributed by atoms with Gasteiger partial charge in [-0.2, -0.15) is 0 Å². The molecule has 1 fully saturated rings. The first-order chi connectivity index (χ1) is 11.8. The van der Waals surface area contributed by atoms with E-state index in [2.05, 4.69) is 9.72 Å². The number of benzene rings is 1. The van der Waals surface area contributed by atoms with Crippen LogP contribution in [0.5, 0.6) is 0 Å². The van der Waals surface area contributed by atoms with E-state index in [4.69, 9.17) is 0 Å². The van der Waals surface area contributed by atoms with Crippen LogP contribution in [-0.4, -0.2) is 44.9 Å². The SMILES string of the molecule is COC(=O)N1CCC(n2c(=O)[nH]c3cc([I-]C(F)(F)F)ccc32)CC1. The van der Waals surface area contributed by atoms with Crippen LogP contribution in [-0.2, 0) is 4.74 Å².